The topological polar surface area (TPSA) is 58.2 Å². The van der Waals surface area contributed by atoms with Crippen LogP contribution in [0.15, 0.2) is 0 Å². The van der Waals surface area contributed by atoms with Gasteiger partial charge in [0.15, 0.2) is 17.9 Å². The van der Waals surface area contributed by atoms with Crippen LogP contribution < -0.4 is 5.32 Å². The molecular weight excluding hydrogens is 294 g/mol. The van der Waals surface area contributed by atoms with Crippen molar-refractivity contribution in [2.75, 3.05) is 18.9 Å². The lowest BCUT2D eigenvalue weighted by atomic mass is 10.0. The van der Waals surface area contributed by atoms with E-state index in [0.29, 0.717) is 6.61 Å². The van der Waals surface area contributed by atoms with E-state index in [4.69, 9.17) is 23.7 Å². The highest BCUT2D eigenvalue weighted by Crippen LogP contribution is 2.52. The Bertz CT molecular complexity index is 437. The first-order valence-corrected chi connectivity index (χ1v) is 8.52. The summed E-state index contributed by atoms with van der Waals surface area (Å²) in [6.45, 7) is 9.19. The van der Waals surface area contributed by atoms with Gasteiger partial charge in [0.05, 0.1) is 6.61 Å². The zero-order valence-electron chi connectivity index (χ0n) is 12.9. The zero-order chi connectivity index (χ0) is 14.9. The molecule has 0 aliphatic carbocycles. The van der Waals surface area contributed by atoms with Crippen molar-refractivity contribution in [2.24, 2.45) is 0 Å². The Kier molecular flexibility index (Phi) is 3.19. The molecule has 21 heavy (non-hydrogen) atoms. The monoisotopic (exact) mass is 317 g/mol. The lowest BCUT2D eigenvalue weighted by molar-refractivity contribution is -0.225. The van der Waals surface area contributed by atoms with Gasteiger partial charge >= 0.3 is 0 Å². The molecule has 4 saturated heterocycles. The molecule has 4 rings (SSSR count). The molecule has 5 atom stereocenters. The highest BCUT2D eigenvalue weighted by molar-refractivity contribution is 8.01. The van der Waals surface area contributed by atoms with E-state index in [1.54, 1.807) is 0 Å². The summed E-state index contributed by atoms with van der Waals surface area (Å²) in [6.07, 6.45) is -0.732. The van der Waals surface area contributed by atoms with Crippen molar-refractivity contribution in [1.82, 2.24) is 5.32 Å². The molecule has 4 fully saturated rings. The van der Waals surface area contributed by atoms with Gasteiger partial charge in [0.25, 0.3) is 0 Å². The van der Waals surface area contributed by atoms with Crippen LogP contribution in [0, 0.1) is 0 Å². The summed E-state index contributed by atoms with van der Waals surface area (Å²) >= 11 is 1.85. The second-order valence-corrected chi connectivity index (χ2v) is 8.29. The molecule has 6 nitrogen and oxygen atoms in total. The summed E-state index contributed by atoms with van der Waals surface area (Å²) in [4.78, 5) is -0.313. The second kappa shape index (κ2) is 4.56. The fourth-order valence-electron chi connectivity index (χ4n) is 3.64. The van der Waals surface area contributed by atoms with E-state index >= 15 is 0 Å². The van der Waals surface area contributed by atoms with E-state index in [9.17, 15) is 0 Å². The van der Waals surface area contributed by atoms with Gasteiger partial charge in [-0.3, -0.25) is 5.32 Å². The van der Waals surface area contributed by atoms with Crippen molar-refractivity contribution < 1.29 is 23.7 Å². The standard InChI is InChI=1S/C14H23NO5S/c1-12(2)16-7-8(18-12)9-14(15-5-6-21-14)10-11(17-9)20-13(3,4)19-10/h8-11,15H,5-7H2,1-4H3/t8-,9-,10+,11-,14+/m1/s1. The van der Waals surface area contributed by atoms with Crippen molar-refractivity contribution in [3.05, 3.63) is 0 Å². The molecule has 0 aromatic heterocycles. The molecule has 0 amide bonds. The summed E-state index contributed by atoms with van der Waals surface area (Å²) in [5.41, 5.74) is 0. The van der Waals surface area contributed by atoms with Gasteiger partial charge in [-0.1, -0.05) is 0 Å². The van der Waals surface area contributed by atoms with E-state index in [1.807, 2.05) is 39.5 Å². The fraction of sp³-hybridized carbons (Fsp3) is 1.00. The lowest BCUT2D eigenvalue weighted by Gasteiger charge is -2.36. The third-order valence-electron chi connectivity index (χ3n) is 4.40. The first-order valence-electron chi connectivity index (χ1n) is 7.53. The molecule has 120 valence electrons. The summed E-state index contributed by atoms with van der Waals surface area (Å²) in [5, 5.41) is 3.59. The van der Waals surface area contributed by atoms with Crippen molar-refractivity contribution in [2.45, 2.75) is 68.7 Å². The summed E-state index contributed by atoms with van der Waals surface area (Å²) < 4.78 is 30.0. The van der Waals surface area contributed by atoms with E-state index < -0.39 is 11.6 Å². The van der Waals surface area contributed by atoms with Crippen LogP contribution in [-0.2, 0) is 23.7 Å². The Hall–Kier alpha value is 0.110. The minimum absolute atomic E-state index is 0.112. The third kappa shape index (κ3) is 2.25. The van der Waals surface area contributed by atoms with Gasteiger partial charge < -0.3 is 23.7 Å². The first-order chi connectivity index (χ1) is 9.81. The molecule has 1 N–H and O–H groups in total. The number of fused-ring (bicyclic) bond motifs is 2. The molecule has 4 aliphatic heterocycles. The van der Waals surface area contributed by atoms with Crippen LogP contribution in [0.25, 0.3) is 0 Å². The molecule has 0 saturated carbocycles. The van der Waals surface area contributed by atoms with Gasteiger partial charge in [0.1, 0.15) is 23.2 Å². The van der Waals surface area contributed by atoms with Crippen LogP contribution in [0.3, 0.4) is 0 Å². The zero-order valence-corrected chi connectivity index (χ0v) is 13.7. The van der Waals surface area contributed by atoms with Crippen molar-refractivity contribution in [3.8, 4) is 0 Å². The average Bonchev–Trinajstić information content (AvgIpc) is 3.08. The van der Waals surface area contributed by atoms with Gasteiger partial charge in [-0.2, -0.15) is 0 Å². The van der Waals surface area contributed by atoms with Gasteiger partial charge in [-0.25, -0.2) is 0 Å². The van der Waals surface area contributed by atoms with Crippen molar-refractivity contribution >= 4 is 11.8 Å². The quantitative estimate of drug-likeness (QED) is 0.775. The fourth-order valence-corrected chi connectivity index (χ4v) is 5.08. The number of thioether (sulfide) groups is 1. The van der Waals surface area contributed by atoms with Crippen LogP contribution in [0.2, 0.25) is 0 Å². The molecular formula is C14H23NO5S. The molecule has 0 aromatic rings. The highest BCUT2D eigenvalue weighted by atomic mass is 32.2. The van der Waals surface area contributed by atoms with E-state index in [-0.39, 0.29) is 29.5 Å². The van der Waals surface area contributed by atoms with Crippen LogP contribution in [0.5, 0.6) is 0 Å². The van der Waals surface area contributed by atoms with Crippen LogP contribution in [-0.4, -0.2) is 60.0 Å². The lowest BCUT2D eigenvalue weighted by Crippen LogP contribution is -2.58. The third-order valence-corrected chi connectivity index (χ3v) is 5.89. The largest absolute Gasteiger partial charge is 0.348 e. The molecule has 0 aromatic carbocycles. The van der Waals surface area contributed by atoms with Crippen LogP contribution >= 0.6 is 11.8 Å². The van der Waals surface area contributed by atoms with Crippen molar-refractivity contribution in [1.29, 1.82) is 0 Å². The number of nitrogens with one attached hydrogen (secondary N) is 1. The Labute approximate surface area is 129 Å². The number of ether oxygens (including phenoxy) is 5. The smallest absolute Gasteiger partial charge is 0.190 e. The molecule has 4 heterocycles. The normalized spacial score (nSPS) is 50.9. The van der Waals surface area contributed by atoms with Gasteiger partial charge in [-0.15, -0.1) is 11.8 Å². The summed E-state index contributed by atoms with van der Waals surface area (Å²) in [7, 11) is 0. The Morgan fingerprint density at radius 1 is 1.00 bits per heavy atom. The Morgan fingerprint density at radius 3 is 2.43 bits per heavy atom. The van der Waals surface area contributed by atoms with E-state index in [2.05, 4.69) is 5.32 Å². The number of hydrogen-bond donors (Lipinski definition) is 1. The first kappa shape index (κ1) is 14.7. The minimum atomic E-state index is -0.607. The predicted molar refractivity (Wildman–Crippen MR) is 76.8 cm³/mol. The maximum absolute atomic E-state index is 6.20. The van der Waals surface area contributed by atoms with Crippen molar-refractivity contribution in [3.63, 3.8) is 0 Å². The minimum Gasteiger partial charge on any atom is -0.348 e. The molecule has 0 bridgehead atoms. The van der Waals surface area contributed by atoms with Crippen LogP contribution in [0.4, 0.5) is 0 Å². The molecule has 0 unspecified atom stereocenters. The van der Waals surface area contributed by atoms with Gasteiger partial charge in [0, 0.05) is 12.3 Å². The molecule has 7 heteroatoms. The highest BCUT2D eigenvalue weighted by Gasteiger charge is 2.67. The second-order valence-electron chi connectivity index (χ2n) is 6.92. The number of hydrogen-bond acceptors (Lipinski definition) is 7. The van der Waals surface area contributed by atoms with Gasteiger partial charge in [-0.05, 0) is 27.7 Å². The van der Waals surface area contributed by atoms with E-state index in [1.165, 1.54) is 0 Å². The maximum atomic E-state index is 6.20. The Balaban J connectivity index is 1.61. The summed E-state index contributed by atoms with van der Waals surface area (Å²) in [6, 6.07) is 0. The molecule has 0 radical (unpaired) electrons. The maximum Gasteiger partial charge on any atom is 0.190 e. The SMILES string of the molecule is CC1(C)OC[C@H]([C@H]2O[C@@H]3OC(C)(C)O[C@@H]3[C@]23NCCS3)O1. The van der Waals surface area contributed by atoms with Gasteiger partial charge in [0.2, 0.25) is 0 Å². The average molecular weight is 317 g/mol. The van der Waals surface area contributed by atoms with E-state index in [0.717, 1.165) is 12.3 Å². The summed E-state index contributed by atoms with van der Waals surface area (Å²) in [5.74, 6) is -0.133. The number of rotatable bonds is 1. The predicted octanol–water partition coefficient (Wildman–Crippen LogP) is 1.05. The Morgan fingerprint density at radius 2 is 1.81 bits per heavy atom. The van der Waals surface area contributed by atoms with Crippen LogP contribution in [0.1, 0.15) is 27.7 Å². The molecule has 4 aliphatic rings. The molecule has 1 spiro atoms.